The third-order valence-electron chi connectivity index (χ3n) is 2.05. The van der Waals surface area contributed by atoms with Crippen LogP contribution in [0.4, 0.5) is 0 Å². The van der Waals surface area contributed by atoms with Crippen molar-refractivity contribution in [2.24, 2.45) is 5.41 Å². The van der Waals surface area contributed by atoms with Crippen molar-refractivity contribution >= 4 is 39.3 Å². The monoisotopic (exact) mass is 326 g/mol. The van der Waals surface area contributed by atoms with Crippen LogP contribution in [0.2, 0.25) is 10.0 Å². The van der Waals surface area contributed by atoms with E-state index >= 15 is 0 Å². The standard InChI is InChI=1S/C11H12Cl2O5S/c1-11(2,3)10(14)18-6-4-7(12)9(8(13)5-6)19(15,16)17/h4-5H,1-3H3,(H,15,16,17). The number of carbonyl (C=O) groups excluding carboxylic acids is 1. The molecule has 0 atom stereocenters. The summed E-state index contributed by atoms with van der Waals surface area (Å²) in [6.07, 6.45) is 0. The minimum atomic E-state index is -4.54. The average Bonchev–Trinajstić information content (AvgIpc) is 2.11. The molecule has 1 rings (SSSR count). The fourth-order valence-corrected chi connectivity index (χ4v) is 2.76. The molecule has 0 radical (unpaired) electrons. The SMILES string of the molecule is CC(C)(C)C(=O)Oc1cc(Cl)c(S(=O)(=O)O)c(Cl)c1. The molecule has 8 heteroatoms. The van der Waals surface area contributed by atoms with Crippen molar-refractivity contribution in [3.05, 3.63) is 22.2 Å². The third-order valence-corrected chi connectivity index (χ3v) is 3.83. The van der Waals surface area contributed by atoms with E-state index in [0.29, 0.717) is 0 Å². The summed E-state index contributed by atoms with van der Waals surface area (Å²) < 4.78 is 36.1. The summed E-state index contributed by atoms with van der Waals surface area (Å²) in [6, 6.07) is 2.19. The summed E-state index contributed by atoms with van der Waals surface area (Å²) >= 11 is 11.4. The van der Waals surface area contributed by atoms with E-state index in [9.17, 15) is 13.2 Å². The van der Waals surface area contributed by atoms with Crippen LogP contribution in [0.1, 0.15) is 20.8 Å². The maximum atomic E-state index is 11.7. The first kappa shape index (κ1) is 16.2. The van der Waals surface area contributed by atoms with Crippen LogP contribution < -0.4 is 4.74 Å². The molecule has 0 aliphatic heterocycles. The van der Waals surface area contributed by atoms with Crippen molar-refractivity contribution in [3.8, 4) is 5.75 Å². The van der Waals surface area contributed by atoms with Gasteiger partial charge in [0.15, 0.2) is 0 Å². The van der Waals surface area contributed by atoms with Gasteiger partial charge in [0.2, 0.25) is 0 Å². The number of hydrogen-bond donors (Lipinski definition) is 1. The summed E-state index contributed by atoms with van der Waals surface area (Å²) in [6.45, 7) is 4.97. The van der Waals surface area contributed by atoms with Crippen LogP contribution in [-0.2, 0) is 14.9 Å². The van der Waals surface area contributed by atoms with Gasteiger partial charge >= 0.3 is 5.97 Å². The molecule has 0 aromatic heterocycles. The lowest BCUT2D eigenvalue weighted by atomic mass is 9.97. The molecule has 0 aliphatic rings. The highest BCUT2D eigenvalue weighted by molar-refractivity contribution is 7.86. The molecule has 0 amide bonds. The molecule has 1 aromatic carbocycles. The van der Waals surface area contributed by atoms with E-state index in [4.69, 9.17) is 32.5 Å². The first-order chi connectivity index (χ1) is 8.43. The molecular formula is C11H12Cl2O5S. The first-order valence-electron chi connectivity index (χ1n) is 5.12. The van der Waals surface area contributed by atoms with Gasteiger partial charge in [0.25, 0.3) is 10.1 Å². The van der Waals surface area contributed by atoms with Crippen molar-refractivity contribution in [1.29, 1.82) is 0 Å². The number of esters is 1. The first-order valence-corrected chi connectivity index (χ1v) is 7.31. The lowest BCUT2D eigenvalue weighted by Gasteiger charge is -2.17. The lowest BCUT2D eigenvalue weighted by molar-refractivity contribution is -0.142. The Kier molecular flexibility index (Phi) is 4.51. The van der Waals surface area contributed by atoms with Gasteiger partial charge in [0.05, 0.1) is 15.5 Å². The summed E-state index contributed by atoms with van der Waals surface area (Å²) in [4.78, 5) is 11.0. The Labute approximate surface area is 121 Å². The quantitative estimate of drug-likeness (QED) is 0.512. The van der Waals surface area contributed by atoms with Gasteiger partial charge < -0.3 is 4.74 Å². The zero-order valence-electron chi connectivity index (χ0n) is 10.4. The number of ether oxygens (including phenoxy) is 1. The molecule has 19 heavy (non-hydrogen) atoms. The van der Waals surface area contributed by atoms with Crippen molar-refractivity contribution in [1.82, 2.24) is 0 Å². The summed E-state index contributed by atoms with van der Waals surface area (Å²) in [5.41, 5.74) is -0.735. The fourth-order valence-electron chi connectivity index (χ4n) is 1.10. The zero-order valence-corrected chi connectivity index (χ0v) is 12.7. The van der Waals surface area contributed by atoms with Gasteiger partial charge in [0, 0.05) is 12.1 Å². The number of benzene rings is 1. The van der Waals surface area contributed by atoms with Crippen molar-refractivity contribution in [3.63, 3.8) is 0 Å². The Morgan fingerprint density at radius 1 is 1.21 bits per heavy atom. The van der Waals surface area contributed by atoms with E-state index in [0.717, 1.165) is 12.1 Å². The van der Waals surface area contributed by atoms with E-state index in [2.05, 4.69) is 0 Å². The zero-order chi connectivity index (χ0) is 15.0. The normalized spacial score (nSPS) is 12.3. The minimum absolute atomic E-state index is 0.00215. The number of rotatable bonds is 2. The Morgan fingerprint density at radius 2 is 1.63 bits per heavy atom. The fraction of sp³-hybridized carbons (Fsp3) is 0.364. The number of hydrogen-bond acceptors (Lipinski definition) is 4. The van der Waals surface area contributed by atoms with Gasteiger partial charge in [-0.3, -0.25) is 9.35 Å². The van der Waals surface area contributed by atoms with Gasteiger partial charge in [0.1, 0.15) is 10.6 Å². The molecule has 0 heterocycles. The molecule has 0 unspecified atom stereocenters. The molecular weight excluding hydrogens is 315 g/mol. The molecule has 0 saturated carbocycles. The Morgan fingerprint density at radius 3 is 1.95 bits per heavy atom. The van der Waals surface area contributed by atoms with Crippen molar-refractivity contribution in [2.75, 3.05) is 0 Å². The molecule has 0 bridgehead atoms. The van der Waals surface area contributed by atoms with Gasteiger partial charge in [-0.25, -0.2) is 0 Å². The van der Waals surface area contributed by atoms with Gasteiger partial charge in [-0.15, -0.1) is 0 Å². The largest absolute Gasteiger partial charge is 0.426 e. The van der Waals surface area contributed by atoms with Crippen molar-refractivity contribution < 1.29 is 22.5 Å². The maximum absolute atomic E-state index is 11.7. The molecule has 0 aliphatic carbocycles. The van der Waals surface area contributed by atoms with Gasteiger partial charge in [-0.2, -0.15) is 8.42 Å². The maximum Gasteiger partial charge on any atom is 0.316 e. The van der Waals surface area contributed by atoms with E-state index in [1.165, 1.54) is 0 Å². The van der Waals surface area contributed by atoms with Crippen LogP contribution in [0.25, 0.3) is 0 Å². The van der Waals surface area contributed by atoms with Crippen molar-refractivity contribution in [2.45, 2.75) is 25.7 Å². The van der Waals surface area contributed by atoms with Gasteiger partial charge in [-0.1, -0.05) is 23.2 Å². The van der Waals surface area contributed by atoms with E-state index in [1.54, 1.807) is 20.8 Å². The highest BCUT2D eigenvalue weighted by atomic mass is 35.5. The van der Waals surface area contributed by atoms with Crippen LogP contribution in [0.15, 0.2) is 17.0 Å². The molecule has 106 valence electrons. The highest BCUT2D eigenvalue weighted by Gasteiger charge is 2.26. The summed E-state index contributed by atoms with van der Waals surface area (Å²) in [7, 11) is -4.54. The number of halogens is 2. The van der Waals surface area contributed by atoms with Crippen LogP contribution in [0.3, 0.4) is 0 Å². The van der Waals surface area contributed by atoms with E-state index in [-0.39, 0.29) is 15.8 Å². The van der Waals surface area contributed by atoms with Crippen LogP contribution in [0.5, 0.6) is 5.75 Å². The predicted molar refractivity (Wildman–Crippen MR) is 71.4 cm³/mol. The van der Waals surface area contributed by atoms with Crippen LogP contribution >= 0.6 is 23.2 Å². The molecule has 5 nitrogen and oxygen atoms in total. The Hall–Kier alpha value is -0.820. The second kappa shape index (κ2) is 5.28. The second-order valence-electron chi connectivity index (χ2n) is 4.83. The van der Waals surface area contributed by atoms with E-state index < -0.39 is 26.4 Å². The molecule has 0 spiro atoms. The predicted octanol–water partition coefficient (Wildman–Crippen LogP) is 3.19. The smallest absolute Gasteiger partial charge is 0.316 e. The molecule has 1 N–H and O–H groups in total. The molecule has 0 fully saturated rings. The highest BCUT2D eigenvalue weighted by Crippen LogP contribution is 2.34. The van der Waals surface area contributed by atoms with E-state index in [1.807, 2.05) is 0 Å². The molecule has 1 aromatic rings. The lowest BCUT2D eigenvalue weighted by Crippen LogP contribution is -2.25. The number of carbonyl (C=O) groups is 1. The Balaban J connectivity index is 3.20. The minimum Gasteiger partial charge on any atom is -0.426 e. The van der Waals surface area contributed by atoms with Crippen LogP contribution in [0, 0.1) is 5.41 Å². The second-order valence-corrected chi connectivity index (χ2v) is 7.00. The van der Waals surface area contributed by atoms with Crippen LogP contribution in [-0.4, -0.2) is 18.9 Å². The molecule has 0 saturated heterocycles. The third kappa shape index (κ3) is 4.07. The topological polar surface area (TPSA) is 80.7 Å². The van der Waals surface area contributed by atoms with Gasteiger partial charge in [-0.05, 0) is 20.8 Å². The summed E-state index contributed by atoms with van der Waals surface area (Å²) in [5, 5.41) is -0.654. The average molecular weight is 327 g/mol. The summed E-state index contributed by atoms with van der Waals surface area (Å²) in [5.74, 6) is -0.526. The Bertz CT molecular complexity index is 593.